The van der Waals surface area contributed by atoms with Gasteiger partial charge in [0.1, 0.15) is 5.78 Å². The number of carbonyl (C=O) groups is 1. The topological polar surface area (TPSA) is 37.3 Å². The van der Waals surface area contributed by atoms with E-state index in [1.54, 1.807) is 0 Å². The second kappa shape index (κ2) is 10.6. The van der Waals surface area contributed by atoms with Gasteiger partial charge in [-0.3, -0.25) is 4.79 Å². The SMILES string of the molecule is CCCC(=O)CCCCO.[NaH]. The Morgan fingerprint density at radius 3 is 2.36 bits per heavy atom. The van der Waals surface area contributed by atoms with E-state index >= 15 is 0 Å². The summed E-state index contributed by atoms with van der Waals surface area (Å²) in [6.07, 6.45) is 3.89. The first-order valence-electron chi connectivity index (χ1n) is 3.93. The Hall–Kier alpha value is 0.630. The molecule has 0 rings (SSSR count). The van der Waals surface area contributed by atoms with Gasteiger partial charge >= 0.3 is 29.6 Å². The fraction of sp³-hybridized carbons (Fsp3) is 0.875. The zero-order valence-corrected chi connectivity index (χ0v) is 6.60. The molecule has 0 aliphatic heterocycles. The van der Waals surface area contributed by atoms with Crippen molar-refractivity contribution in [1.29, 1.82) is 0 Å². The van der Waals surface area contributed by atoms with Crippen molar-refractivity contribution in [3.05, 3.63) is 0 Å². The van der Waals surface area contributed by atoms with Crippen LogP contribution < -0.4 is 0 Å². The van der Waals surface area contributed by atoms with Crippen molar-refractivity contribution in [2.75, 3.05) is 6.61 Å². The van der Waals surface area contributed by atoms with Crippen LogP contribution in [0.5, 0.6) is 0 Å². The molecule has 0 bridgehead atoms. The Balaban J connectivity index is 0. The summed E-state index contributed by atoms with van der Waals surface area (Å²) in [6, 6.07) is 0. The Labute approximate surface area is 90.7 Å². The van der Waals surface area contributed by atoms with E-state index in [-0.39, 0.29) is 36.2 Å². The molecule has 0 aromatic carbocycles. The summed E-state index contributed by atoms with van der Waals surface area (Å²) < 4.78 is 0. The van der Waals surface area contributed by atoms with Crippen LogP contribution >= 0.6 is 0 Å². The fourth-order valence-corrected chi connectivity index (χ4v) is 0.838. The molecule has 0 aromatic rings. The summed E-state index contributed by atoms with van der Waals surface area (Å²) in [6.45, 7) is 2.21. The molecule has 0 unspecified atom stereocenters. The van der Waals surface area contributed by atoms with Crippen molar-refractivity contribution >= 4 is 35.3 Å². The summed E-state index contributed by atoms with van der Waals surface area (Å²) in [5.74, 6) is 0.330. The van der Waals surface area contributed by atoms with Gasteiger partial charge in [0.2, 0.25) is 0 Å². The van der Waals surface area contributed by atoms with Crippen LogP contribution in [-0.4, -0.2) is 47.1 Å². The number of carbonyl (C=O) groups excluding carboxylic acids is 1. The van der Waals surface area contributed by atoms with Gasteiger partial charge in [-0.15, -0.1) is 0 Å². The number of ketones is 1. The van der Waals surface area contributed by atoms with Gasteiger partial charge in [-0.2, -0.15) is 0 Å². The van der Waals surface area contributed by atoms with Crippen molar-refractivity contribution in [2.45, 2.75) is 39.0 Å². The second-order valence-corrected chi connectivity index (χ2v) is 2.47. The van der Waals surface area contributed by atoms with Crippen molar-refractivity contribution in [3.63, 3.8) is 0 Å². The van der Waals surface area contributed by atoms with Crippen molar-refractivity contribution in [3.8, 4) is 0 Å². The summed E-state index contributed by atoms with van der Waals surface area (Å²) in [5, 5.41) is 8.40. The zero-order valence-electron chi connectivity index (χ0n) is 6.60. The molecule has 0 radical (unpaired) electrons. The quantitative estimate of drug-likeness (QED) is 0.472. The predicted molar refractivity (Wildman–Crippen MR) is 48.0 cm³/mol. The maximum atomic E-state index is 10.8. The molecule has 2 nitrogen and oxygen atoms in total. The monoisotopic (exact) mass is 168 g/mol. The molecule has 0 aromatic heterocycles. The Morgan fingerprint density at radius 1 is 1.27 bits per heavy atom. The first-order chi connectivity index (χ1) is 4.81. The van der Waals surface area contributed by atoms with Gasteiger partial charge in [0.05, 0.1) is 0 Å². The van der Waals surface area contributed by atoms with Gasteiger partial charge in [-0.25, -0.2) is 0 Å². The molecule has 11 heavy (non-hydrogen) atoms. The van der Waals surface area contributed by atoms with Gasteiger partial charge in [0.25, 0.3) is 0 Å². The number of unbranched alkanes of at least 4 members (excludes halogenated alkanes) is 1. The van der Waals surface area contributed by atoms with Crippen LogP contribution in [0.4, 0.5) is 0 Å². The fourth-order valence-electron chi connectivity index (χ4n) is 0.838. The number of aliphatic hydroxyl groups is 1. The third-order valence-electron chi connectivity index (χ3n) is 1.39. The van der Waals surface area contributed by atoms with E-state index in [9.17, 15) is 4.79 Å². The van der Waals surface area contributed by atoms with E-state index < -0.39 is 0 Å². The van der Waals surface area contributed by atoms with Crippen molar-refractivity contribution in [2.24, 2.45) is 0 Å². The average molecular weight is 168 g/mol. The maximum absolute atomic E-state index is 10.8. The molecule has 0 fully saturated rings. The molecule has 1 N–H and O–H groups in total. The standard InChI is InChI=1S/C8H16O2.Na.H/c1-2-5-8(10)6-3-4-7-9;;/h9H,2-7H2,1H3;;. The minimum absolute atomic E-state index is 0. The second-order valence-electron chi connectivity index (χ2n) is 2.47. The van der Waals surface area contributed by atoms with Gasteiger partial charge in [0, 0.05) is 19.4 Å². The molecule has 0 spiro atoms. The number of hydrogen-bond acceptors (Lipinski definition) is 2. The van der Waals surface area contributed by atoms with Crippen LogP contribution in [0.15, 0.2) is 0 Å². The number of hydrogen-bond donors (Lipinski definition) is 1. The molecule has 0 aliphatic carbocycles. The van der Waals surface area contributed by atoms with Crippen LogP contribution in [0.25, 0.3) is 0 Å². The molecular weight excluding hydrogens is 151 g/mol. The molecule has 0 heterocycles. The van der Waals surface area contributed by atoms with Crippen LogP contribution in [0, 0.1) is 0 Å². The van der Waals surface area contributed by atoms with Crippen LogP contribution in [0.2, 0.25) is 0 Å². The summed E-state index contributed by atoms with van der Waals surface area (Å²) in [7, 11) is 0. The third kappa shape index (κ3) is 10.6. The number of aliphatic hydroxyl groups excluding tert-OH is 1. The predicted octanol–water partition coefficient (Wildman–Crippen LogP) is 0.870. The summed E-state index contributed by atoms with van der Waals surface area (Å²) >= 11 is 0. The molecule has 0 saturated carbocycles. The van der Waals surface area contributed by atoms with Gasteiger partial charge in [-0.1, -0.05) is 6.92 Å². The Bertz CT molecular complexity index is 94.1. The Morgan fingerprint density at radius 2 is 1.91 bits per heavy atom. The van der Waals surface area contributed by atoms with Gasteiger partial charge < -0.3 is 5.11 Å². The van der Waals surface area contributed by atoms with E-state index in [4.69, 9.17) is 5.11 Å². The first kappa shape index (κ1) is 14.2. The van der Waals surface area contributed by atoms with E-state index in [0.717, 1.165) is 19.3 Å². The molecule has 0 atom stereocenters. The summed E-state index contributed by atoms with van der Waals surface area (Å²) in [4.78, 5) is 10.8. The Kier molecular flexibility index (Phi) is 13.7. The molecule has 0 amide bonds. The van der Waals surface area contributed by atoms with Crippen molar-refractivity contribution < 1.29 is 9.90 Å². The first-order valence-corrected chi connectivity index (χ1v) is 3.93. The third-order valence-corrected chi connectivity index (χ3v) is 1.39. The molecule has 62 valence electrons. The van der Waals surface area contributed by atoms with E-state index in [0.29, 0.717) is 18.6 Å². The number of Topliss-reactive ketones (excluding diaryl/α,β-unsaturated/α-hetero) is 1. The van der Waals surface area contributed by atoms with Crippen molar-refractivity contribution in [1.82, 2.24) is 0 Å². The molecule has 0 aliphatic rings. The average Bonchev–Trinajstić information content (AvgIpc) is 1.89. The van der Waals surface area contributed by atoms with Crippen LogP contribution in [0.1, 0.15) is 39.0 Å². The molecule has 0 saturated heterocycles. The molecule has 3 heteroatoms. The van der Waals surface area contributed by atoms with Gasteiger partial charge in [-0.05, 0) is 19.3 Å². The van der Waals surface area contributed by atoms with Crippen LogP contribution in [-0.2, 0) is 4.79 Å². The van der Waals surface area contributed by atoms with Crippen LogP contribution in [0.3, 0.4) is 0 Å². The van der Waals surface area contributed by atoms with E-state index in [1.807, 2.05) is 6.92 Å². The summed E-state index contributed by atoms with van der Waals surface area (Å²) in [5.41, 5.74) is 0. The minimum atomic E-state index is 0. The van der Waals surface area contributed by atoms with E-state index in [2.05, 4.69) is 0 Å². The van der Waals surface area contributed by atoms with E-state index in [1.165, 1.54) is 0 Å². The normalized spacial score (nSPS) is 8.91. The number of rotatable bonds is 6. The zero-order chi connectivity index (χ0) is 7.82. The molecular formula is C8H17NaO2. The van der Waals surface area contributed by atoms with Gasteiger partial charge in [0.15, 0.2) is 0 Å².